The summed E-state index contributed by atoms with van der Waals surface area (Å²) in [6, 6.07) is 11.9. The molecule has 2 aromatic rings. The Hall–Kier alpha value is -3.27. The fourth-order valence-corrected chi connectivity index (χ4v) is 7.06. The Kier molecular flexibility index (Phi) is 6.55. The molecule has 0 aromatic heterocycles. The molecule has 1 N–H and O–H groups in total. The standard InChI is InChI=1S/C26H28FN3O5S/c1-2-35-26(32)24-17-9-10-18(13-17)25(24)30(15-16-7-11-19(27)12-8-16)23(31)14-22-28-20-5-3-4-6-21(20)36(33,34)29-22/h3-8,11-12,17-18,24-25H,2,9-10,13-15H2,1H3,(H,28,29)/t17-,18+,24+,25-/m0/s1. The molecule has 1 amide bonds. The predicted molar refractivity (Wildman–Crippen MR) is 131 cm³/mol. The zero-order valence-corrected chi connectivity index (χ0v) is 20.7. The van der Waals surface area contributed by atoms with Gasteiger partial charge in [-0.05, 0) is 67.9 Å². The molecule has 2 saturated carbocycles. The number of benzene rings is 2. The van der Waals surface area contributed by atoms with Gasteiger partial charge in [0.05, 0.1) is 24.6 Å². The van der Waals surface area contributed by atoms with Crippen LogP contribution in [0.3, 0.4) is 0 Å². The van der Waals surface area contributed by atoms with Crippen LogP contribution in [0.15, 0.2) is 57.8 Å². The summed E-state index contributed by atoms with van der Waals surface area (Å²) >= 11 is 0. The summed E-state index contributed by atoms with van der Waals surface area (Å²) in [4.78, 5) is 28.4. The zero-order chi connectivity index (χ0) is 25.4. The Morgan fingerprint density at radius 1 is 1.11 bits per heavy atom. The van der Waals surface area contributed by atoms with E-state index in [2.05, 4.69) is 9.71 Å². The van der Waals surface area contributed by atoms with E-state index in [4.69, 9.17) is 4.74 Å². The Labute approximate surface area is 209 Å². The van der Waals surface area contributed by atoms with Crippen LogP contribution in [-0.4, -0.2) is 43.7 Å². The highest BCUT2D eigenvalue weighted by atomic mass is 32.2. The first-order chi connectivity index (χ1) is 17.3. The number of para-hydroxylation sites is 1. The fraction of sp³-hybridized carbons (Fsp3) is 0.423. The first-order valence-electron chi connectivity index (χ1n) is 12.2. The molecule has 2 fully saturated rings. The smallest absolute Gasteiger partial charge is 0.311 e. The van der Waals surface area contributed by atoms with E-state index in [1.165, 1.54) is 18.2 Å². The summed E-state index contributed by atoms with van der Waals surface area (Å²) in [5.74, 6) is -1.19. The number of sulfonamides is 1. The van der Waals surface area contributed by atoms with Crippen LogP contribution < -0.4 is 5.32 Å². The number of esters is 1. The molecular formula is C26H28FN3O5S. The average Bonchev–Trinajstić information content (AvgIpc) is 3.45. The first kappa shape index (κ1) is 24.4. The van der Waals surface area contributed by atoms with Gasteiger partial charge >= 0.3 is 5.97 Å². The van der Waals surface area contributed by atoms with Crippen LogP contribution in [-0.2, 0) is 30.9 Å². The van der Waals surface area contributed by atoms with E-state index in [9.17, 15) is 22.4 Å². The lowest BCUT2D eigenvalue weighted by atomic mass is 9.83. The fourth-order valence-electron chi connectivity index (χ4n) is 5.91. The minimum atomic E-state index is -3.95. The maximum atomic E-state index is 13.8. The van der Waals surface area contributed by atoms with Crippen molar-refractivity contribution in [2.24, 2.45) is 22.2 Å². The summed E-state index contributed by atoms with van der Waals surface area (Å²) in [6.07, 6.45) is 2.37. The highest BCUT2D eigenvalue weighted by Gasteiger charge is 2.54. The number of hydrogen-bond donors (Lipinski definition) is 1. The van der Waals surface area contributed by atoms with Crippen molar-refractivity contribution in [2.45, 2.75) is 50.1 Å². The molecule has 4 atom stereocenters. The lowest BCUT2D eigenvalue weighted by Gasteiger charge is -2.39. The van der Waals surface area contributed by atoms with Gasteiger partial charge in [0.15, 0.2) is 0 Å². The van der Waals surface area contributed by atoms with Gasteiger partial charge in [-0.1, -0.05) is 24.3 Å². The van der Waals surface area contributed by atoms with Crippen molar-refractivity contribution in [1.29, 1.82) is 0 Å². The topological polar surface area (TPSA) is 105 Å². The van der Waals surface area contributed by atoms with Gasteiger partial charge in [0, 0.05) is 12.6 Å². The van der Waals surface area contributed by atoms with Gasteiger partial charge in [-0.25, -0.2) is 4.39 Å². The number of hydrogen-bond acceptors (Lipinski definition) is 6. The number of ether oxygens (including phenoxy) is 1. The number of fused-ring (bicyclic) bond motifs is 3. The van der Waals surface area contributed by atoms with Gasteiger partial charge in [0.1, 0.15) is 16.5 Å². The molecule has 0 unspecified atom stereocenters. The van der Waals surface area contributed by atoms with E-state index < -0.39 is 15.9 Å². The highest BCUT2D eigenvalue weighted by Crippen LogP contribution is 2.51. The third kappa shape index (κ3) is 4.61. The lowest BCUT2D eigenvalue weighted by molar-refractivity contribution is -0.154. The van der Waals surface area contributed by atoms with Crippen LogP contribution in [0.1, 0.15) is 38.2 Å². The molecule has 190 valence electrons. The number of carbonyl (C=O) groups excluding carboxylic acids is 2. The van der Waals surface area contributed by atoms with Crippen LogP contribution in [0.25, 0.3) is 0 Å². The normalized spacial score (nSPS) is 25.4. The third-order valence-corrected chi connectivity index (χ3v) is 8.74. The average molecular weight is 514 g/mol. The lowest BCUT2D eigenvalue weighted by Crippen LogP contribution is -2.50. The zero-order valence-electron chi connectivity index (χ0n) is 19.9. The molecule has 10 heteroatoms. The second-order valence-corrected chi connectivity index (χ2v) is 11.1. The van der Waals surface area contributed by atoms with Crippen LogP contribution in [0.2, 0.25) is 0 Å². The molecule has 36 heavy (non-hydrogen) atoms. The maximum Gasteiger partial charge on any atom is 0.311 e. The van der Waals surface area contributed by atoms with E-state index in [0.29, 0.717) is 11.3 Å². The molecule has 2 aromatic carbocycles. The van der Waals surface area contributed by atoms with Crippen molar-refractivity contribution in [3.63, 3.8) is 0 Å². The molecule has 1 aliphatic heterocycles. The van der Waals surface area contributed by atoms with Crippen LogP contribution in [0.5, 0.6) is 0 Å². The number of anilines is 1. The van der Waals surface area contributed by atoms with Crippen molar-refractivity contribution in [2.75, 3.05) is 11.9 Å². The van der Waals surface area contributed by atoms with Crippen LogP contribution in [0.4, 0.5) is 10.1 Å². The molecule has 8 nitrogen and oxygen atoms in total. The van der Waals surface area contributed by atoms with E-state index in [0.717, 1.165) is 19.3 Å². The minimum absolute atomic E-state index is 0.0265. The number of amidine groups is 1. The number of nitrogens with one attached hydrogen (secondary N) is 1. The molecule has 2 aliphatic carbocycles. The second kappa shape index (κ2) is 9.65. The Balaban J connectivity index is 1.46. The largest absolute Gasteiger partial charge is 0.466 e. The van der Waals surface area contributed by atoms with Crippen LogP contribution >= 0.6 is 0 Å². The van der Waals surface area contributed by atoms with Gasteiger partial charge in [-0.15, -0.1) is 4.40 Å². The molecule has 3 aliphatic rings. The van der Waals surface area contributed by atoms with Gasteiger partial charge in [0.25, 0.3) is 10.0 Å². The number of nitrogens with zero attached hydrogens (tertiary/aromatic N) is 2. The van der Waals surface area contributed by atoms with Crippen molar-refractivity contribution < 1.29 is 27.1 Å². The number of halogens is 1. The van der Waals surface area contributed by atoms with Crippen LogP contribution in [0, 0.1) is 23.6 Å². The summed E-state index contributed by atoms with van der Waals surface area (Å²) in [6.45, 7) is 2.18. The SMILES string of the molecule is CCOC(=O)[C@@H]1[C@H]2CC[C@H](C2)[C@@H]1N(Cc1ccc(F)cc1)C(=O)CC1=NS(=O)(=O)c2ccccc2N1. The van der Waals surface area contributed by atoms with E-state index >= 15 is 0 Å². The van der Waals surface area contributed by atoms with Gasteiger partial charge < -0.3 is 15.0 Å². The Morgan fingerprint density at radius 3 is 2.58 bits per heavy atom. The summed E-state index contributed by atoms with van der Waals surface area (Å²) < 4.78 is 48.1. The third-order valence-electron chi connectivity index (χ3n) is 7.37. The van der Waals surface area contributed by atoms with E-state index in [1.807, 2.05) is 0 Å². The quantitative estimate of drug-likeness (QED) is 0.566. The van der Waals surface area contributed by atoms with Crippen molar-refractivity contribution in [3.8, 4) is 0 Å². The molecule has 0 radical (unpaired) electrons. The maximum absolute atomic E-state index is 13.8. The van der Waals surface area contributed by atoms with Gasteiger partial charge in [-0.3, -0.25) is 9.59 Å². The number of carbonyl (C=O) groups is 2. The molecule has 5 rings (SSSR count). The van der Waals surface area contributed by atoms with E-state index in [1.54, 1.807) is 42.2 Å². The Bertz CT molecular complexity index is 1310. The molecule has 0 spiro atoms. The molecule has 2 bridgehead atoms. The predicted octanol–water partition coefficient (Wildman–Crippen LogP) is 3.74. The number of rotatable bonds is 7. The molecule has 0 saturated heterocycles. The summed E-state index contributed by atoms with van der Waals surface area (Å²) in [5, 5.41) is 2.97. The second-order valence-electron chi connectivity index (χ2n) is 9.56. The monoisotopic (exact) mass is 513 g/mol. The summed E-state index contributed by atoms with van der Waals surface area (Å²) in [5.41, 5.74) is 1.08. The van der Waals surface area contributed by atoms with Gasteiger partial charge in [-0.2, -0.15) is 8.42 Å². The highest BCUT2D eigenvalue weighted by molar-refractivity contribution is 7.90. The minimum Gasteiger partial charge on any atom is -0.466 e. The first-order valence-corrected chi connectivity index (χ1v) is 13.6. The van der Waals surface area contributed by atoms with Crippen molar-refractivity contribution in [1.82, 2.24) is 4.90 Å². The Morgan fingerprint density at radius 2 is 1.83 bits per heavy atom. The van der Waals surface area contributed by atoms with Crippen molar-refractivity contribution in [3.05, 3.63) is 59.9 Å². The molecular weight excluding hydrogens is 485 g/mol. The van der Waals surface area contributed by atoms with Gasteiger partial charge in [0.2, 0.25) is 5.91 Å². The molecule has 1 heterocycles. The van der Waals surface area contributed by atoms with Crippen molar-refractivity contribution >= 4 is 33.4 Å². The summed E-state index contributed by atoms with van der Waals surface area (Å²) in [7, 11) is -3.95. The number of amides is 1. The van der Waals surface area contributed by atoms with E-state index in [-0.39, 0.29) is 65.9 Å².